The Morgan fingerprint density at radius 2 is 2.16 bits per heavy atom. The lowest BCUT2D eigenvalue weighted by Gasteiger charge is -2.33. The minimum Gasteiger partial charge on any atom is -0.492 e. The molecule has 8 nitrogen and oxygen atoms in total. The minimum atomic E-state index is -0.135. The van der Waals surface area contributed by atoms with Crippen LogP contribution in [0.2, 0.25) is 0 Å². The molecular formula is C17H23N3O5. The van der Waals surface area contributed by atoms with E-state index < -0.39 is 0 Å². The lowest BCUT2D eigenvalue weighted by atomic mass is 10.1. The first-order chi connectivity index (χ1) is 12.1. The van der Waals surface area contributed by atoms with Crippen molar-refractivity contribution in [2.45, 2.75) is 25.8 Å². The largest absolute Gasteiger partial charge is 0.492 e. The van der Waals surface area contributed by atoms with Gasteiger partial charge in [0.2, 0.25) is 12.7 Å². The lowest BCUT2D eigenvalue weighted by Crippen LogP contribution is -2.52. The van der Waals surface area contributed by atoms with Crippen LogP contribution in [0.25, 0.3) is 0 Å². The van der Waals surface area contributed by atoms with Crippen molar-refractivity contribution in [2.75, 3.05) is 33.0 Å². The van der Waals surface area contributed by atoms with Gasteiger partial charge >= 0.3 is 6.03 Å². The fraction of sp³-hybridized carbons (Fsp3) is 0.529. The smallest absolute Gasteiger partial charge is 0.317 e. The average Bonchev–Trinajstić information content (AvgIpc) is 3.06. The summed E-state index contributed by atoms with van der Waals surface area (Å²) in [6, 6.07) is 5.27. The number of hydrogen-bond acceptors (Lipinski definition) is 5. The molecule has 0 radical (unpaired) electrons. The predicted molar refractivity (Wildman–Crippen MR) is 89.9 cm³/mol. The molecule has 25 heavy (non-hydrogen) atoms. The Kier molecular flexibility index (Phi) is 5.47. The van der Waals surface area contributed by atoms with Gasteiger partial charge in [-0.15, -0.1) is 0 Å². The maximum absolute atomic E-state index is 12.2. The van der Waals surface area contributed by atoms with Crippen LogP contribution in [0.1, 0.15) is 19.8 Å². The highest BCUT2D eigenvalue weighted by Crippen LogP contribution is 2.34. The molecule has 0 bridgehead atoms. The van der Waals surface area contributed by atoms with Crippen LogP contribution in [0.3, 0.4) is 0 Å². The molecule has 0 spiro atoms. The first-order valence-corrected chi connectivity index (χ1v) is 8.44. The molecule has 1 aromatic rings. The van der Waals surface area contributed by atoms with Gasteiger partial charge in [0.15, 0.2) is 11.5 Å². The summed E-state index contributed by atoms with van der Waals surface area (Å²) in [5, 5.41) is 5.71. The van der Waals surface area contributed by atoms with Crippen molar-refractivity contribution < 1.29 is 23.8 Å². The monoisotopic (exact) mass is 349 g/mol. The van der Waals surface area contributed by atoms with E-state index in [4.69, 9.17) is 14.2 Å². The Bertz CT molecular complexity index is 637. The summed E-state index contributed by atoms with van der Waals surface area (Å²) < 4.78 is 16.2. The molecule has 1 atom stereocenters. The Morgan fingerprint density at radius 3 is 3.00 bits per heavy atom. The molecule has 0 aromatic heterocycles. The fourth-order valence-corrected chi connectivity index (χ4v) is 2.97. The summed E-state index contributed by atoms with van der Waals surface area (Å²) in [6.07, 6.45) is 1.78. The van der Waals surface area contributed by atoms with Gasteiger partial charge in [0.1, 0.15) is 12.4 Å². The molecular weight excluding hydrogens is 326 g/mol. The number of nitrogens with zero attached hydrogens (tertiary/aromatic N) is 1. The number of rotatable bonds is 5. The Labute approximate surface area is 146 Å². The van der Waals surface area contributed by atoms with Crippen LogP contribution in [0, 0.1) is 0 Å². The fourth-order valence-electron chi connectivity index (χ4n) is 2.97. The molecule has 2 aliphatic rings. The first kappa shape index (κ1) is 17.2. The normalized spacial score (nSPS) is 18.6. The summed E-state index contributed by atoms with van der Waals surface area (Å²) in [4.78, 5) is 25.1. The SMILES string of the molecule is CC(=O)N[C@H]1CCCN(C(=O)NCCOc2ccc3c(c2)OCO3)C1. The maximum Gasteiger partial charge on any atom is 0.317 e. The Morgan fingerprint density at radius 1 is 1.32 bits per heavy atom. The Balaban J connectivity index is 1.38. The third-order valence-electron chi connectivity index (χ3n) is 4.11. The number of fused-ring (bicyclic) bond motifs is 1. The zero-order valence-electron chi connectivity index (χ0n) is 14.2. The van der Waals surface area contributed by atoms with Crippen molar-refractivity contribution in [3.8, 4) is 17.2 Å². The number of urea groups is 1. The summed E-state index contributed by atoms with van der Waals surface area (Å²) in [5.74, 6) is 1.98. The molecule has 8 heteroatoms. The van der Waals surface area contributed by atoms with Crippen molar-refractivity contribution >= 4 is 11.9 Å². The van der Waals surface area contributed by atoms with Gasteiger partial charge in [0.25, 0.3) is 0 Å². The molecule has 2 N–H and O–H groups in total. The van der Waals surface area contributed by atoms with Gasteiger partial charge in [0.05, 0.1) is 6.54 Å². The van der Waals surface area contributed by atoms with E-state index in [1.165, 1.54) is 6.92 Å². The number of nitrogens with one attached hydrogen (secondary N) is 2. The molecule has 3 amide bonds. The van der Waals surface area contributed by atoms with Gasteiger partial charge in [-0.2, -0.15) is 0 Å². The van der Waals surface area contributed by atoms with Gasteiger partial charge in [-0.1, -0.05) is 0 Å². The van der Waals surface area contributed by atoms with E-state index in [0.717, 1.165) is 12.8 Å². The topological polar surface area (TPSA) is 89.1 Å². The predicted octanol–water partition coefficient (Wildman–Crippen LogP) is 1.10. The number of amides is 3. The highest BCUT2D eigenvalue weighted by Gasteiger charge is 2.23. The second-order valence-corrected chi connectivity index (χ2v) is 6.08. The van der Waals surface area contributed by atoms with Crippen LogP contribution >= 0.6 is 0 Å². The first-order valence-electron chi connectivity index (χ1n) is 8.44. The van der Waals surface area contributed by atoms with Crippen molar-refractivity contribution in [3.63, 3.8) is 0 Å². The van der Waals surface area contributed by atoms with Crippen molar-refractivity contribution in [2.24, 2.45) is 0 Å². The summed E-state index contributed by atoms with van der Waals surface area (Å²) >= 11 is 0. The third-order valence-corrected chi connectivity index (χ3v) is 4.11. The molecule has 136 valence electrons. The zero-order valence-corrected chi connectivity index (χ0v) is 14.2. The molecule has 0 saturated carbocycles. The van der Waals surface area contributed by atoms with E-state index in [1.54, 1.807) is 23.1 Å². The van der Waals surface area contributed by atoms with Gasteiger partial charge in [-0.25, -0.2) is 4.79 Å². The van der Waals surface area contributed by atoms with Gasteiger partial charge in [0, 0.05) is 32.1 Å². The second-order valence-electron chi connectivity index (χ2n) is 6.08. The highest BCUT2D eigenvalue weighted by atomic mass is 16.7. The van der Waals surface area contributed by atoms with Gasteiger partial charge in [-0.05, 0) is 25.0 Å². The molecule has 1 aromatic carbocycles. The summed E-state index contributed by atoms with van der Waals surface area (Å²) in [6.45, 7) is 3.71. The van der Waals surface area contributed by atoms with E-state index in [2.05, 4.69) is 10.6 Å². The molecule has 0 unspecified atom stereocenters. The van der Waals surface area contributed by atoms with E-state index in [1.807, 2.05) is 0 Å². The van der Waals surface area contributed by atoms with E-state index in [-0.39, 0.29) is 24.8 Å². The van der Waals surface area contributed by atoms with Crippen molar-refractivity contribution in [1.29, 1.82) is 0 Å². The van der Waals surface area contributed by atoms with Crippen molar-refractivity contribution in [3.05, 3.63) is 18.2 Å². The number of benzene rings is 1. The quantitative estimate of drug-likeness (QED) is 0.777. The molecule has 2 heterocycles. The number of carbonyl (C=O) groups is 2. The maximum atomic E-state index is 12.2. The van der Waals surface area contributed by atoms with Crippen LogP contribution in [0.15, 0.2) is 18.2 Å². The van der Waals surface area contributed by atoms with Gasteiger partial charge < -0.3 is 29.7 Å². The third kappa shape index (κ3) is 4.68. The number of piperidine rings is 1. The van der Waals surface area contributed by atoms with E-state index >= 15 is 0 Å². The molecule has 2 aliphatic heterocycles. The van der Waals surface area contributed by atoms with E-state index in [0.29, 0.717) is 43.5 Å². The zero-order chi connectivity index (χ0) is 17.6. The number of hydrogen-bond donors (Lipinski definition) is 2. The molecule has 1 saturated heterocycles. The van der Waals surface area contributed by atoms with Crippen LogP contribution in [-0.2, 0) is 4.79 Å². The summed E-state index contributed by atoms with van der Waals surface area (Å²) in [7, 11) is 0. The van der Waals surface area contributed by atoms with Crippen LogP contribution in [0.5, 0.6) is 17.2 Å². The highest BCUT2D eigenvalue weighted by molar-refractivity contribution is 5.75. The molecule has 0 aliphatic carbocycles. The second kappa shape index (κ2) is 7.96. The molecule has 3 rings (SSSR count). The minimum absolute atomic E-state index is 0.0295. The molecule has 1 fully saturated rings. The number of ether oxygens (including phenoxy) is 3. The average molecular weight is 349 g/mol. The Hall–Kier alpha value is -2.64. The standard InChI is InChI=1S/C17H23N3O5/c1-12(21)19-13-3-2-7-20(10-13)17(22)18-6-8-23-14-4-5-15-16(9-14)25-11-24-15/h4-5,9,13H,2-3,6-8,10-11H2,1H3,(H,18,22)(H,19,21)/t13-/m0/s1. The van der Waals surface area contributed by atoms with Crippen LogP contribution in [0.4, 0.5) is 4.79 Å². The van der Waals surface area contributed by atoms with Crippen LogP contribution in [-0.4, -0.2) is 55.9 Å². The van der Waals surface area contributed by atoms with Gasteiger partial charge in [-0.3, -0.25) is 4.79 Å². The van der Waals surface area contributed by atoms with E-state index in [9.17, 15) is 9.59 Å². The number of carbonyl (C=O) groups excluding carboxylic acids is 2. The number of likely N-dealkylation sites (tertiary alicyclic amines) is 1. The lowest BCUT2D eigenvalue weighted by molar-refractivity contribution is -0.119. The van der Waals surface area contributed by atoms with Crippen molar-refractivity contribution in [1.82, 2.24) is 15.5 Å². The van der Waals surface area contributed by atoms with Crippen LogP contribution < -0.4 is 24.8 Å². The summed E-state index contributed by atoms with van der Waals surface area (Å²) in [5.41, 5.74) is 0.